The standard InChI is InChI=1S/C17H18N2O3/c1-5-9-22-15-8-7-13(11-16(15)21-6-2)10-14(12-18)17(20)19(3)4/h1,7-8,10-11H,6,9H2,2-4H3/b14-10-. The zero-order valence-corrected chi connectivity index (χ0v) is 12.9. The van der Waals surface area contributed by atoms with E-state index >= 15 is 0 Å². The van der Waals surface area contributed by atoms with Crippen molar-refractivity contribution < 1.29 is 14.3 Å². The summed E-state index contributed by atoms with van der Waals surface area (Å²) in [6.07, 6.45) is 6.68. The van der Waals surface area contributed by atoms with E-state index in [4.69, 9.17) is 21.2 Å². The number of benzene rings is 1. The highest BCUT2D eigenvalue weighted by Crippen LogP contribution is 2.29. The average molecular weight is 298 g/mol. The lowest BCUT2D eigenvalue weighted by molar-refractivity contribution is -0.124. The van der Waals surface area contributed by atoms with Crippen LogP contribution in [-0.2, 0) is 4.79 Å². The lowest BCUT2D eigenvalue weighted by atomic mass is 10.1. The first kappa shape index (κ1) is 17.1. The van der Waals surface area contributed by atoms with Gasteiger partial charge in [0, 0.05) is 14.1 Å². The second-order valence-corrected chi connectivity index (χ2v) is 4.50. The van der Waals surface area contributed by atoms with Gasteiger partial charge in [0.15, 0.2) is 11.5 Å². The summed E-state index contributed by atoms with van der Waals surface area (Å²) in [4.78, 5) is 13.2. The SMILES string of the molecule is C#CCOc1ccc(/C=C(/C#N)C(=O)N(C)C)cc1OCC. The third-order valence-electron chi connectivity index (χ3n) is 2.65. The molecule has 5 heteroatoms. The van der Waals surface area contributed by atoms with Crippen molar-refractivity contribution in [2.45, 2.75) is 6.92 Å². The van der Waals surface area contributed by atoms with Crippen LogP contribution < -0.4 is 9.47 Å². The molecule has 0 aliphatic rings. The predicted octanol–water partition coefficient (Wildman–Crippen LogP) is 2.09. The molecule has 114 valence electrons. The quantitative estimate of drug-likeness (QED) is 0.458. The van der Waals surface area contributed by atoms with Crippen LogP contribution in [-0.4, -0.2) is 38.1 Å². The van der Waals surface area contributed by atoms with Crippen molar-refractivity contribution in [2.75, 3.05) is 27.3 Å². The first-order valence-electron chi connectivity index (χ1n) is 6.70. The molecule has 22 heavy (non-hydrogen) atoms. The number of terminal acetylenes is 1. The second kappa shape index (κ2) is 8.39. The molecule has 0 saturated heterocycles. The summed E-state index contributed by atoms with van der Waals surface area (Å²) in [5.41, 5.74) is 0.716. The van der Waals surface area contributed by atoms with E-state index in [1.165, 1.54) is 11.0 Å². The zero-order chi connectivity index (χ0) is 16.5. The highest BCUT2D eigenvalue weighted by Gasteiger charge is 2.12. The van der Waals surface area contributed by atoms with E-state index in [2.05, 4.69) is 5.92 Å². The van der Waals surface area contributed by atoms with Gasteiger partial charge in [0.05, 0.1) is 6.61 Å². The Hall–Kier alpha value is -2.92. The minimum absolute atomic E-state index is 0.0461. The van der Waals surface area contributed by atoms with Crippen LogP contribution in [0.5, 0.6) is 11.5 Å². The van der Waals surface area contributed by atoms with Crippen molar-refractivity contribution >= 4 is 12.0 Å². The number of carbonyl (C=O) groups is 1. The van der Waals surface area contributed by atoms with Crippen LogP contribution in [0, 0.1) is 23.7 Å². The predicted molar refractivity (Wildman–Crippen MR) is 84.2 cm³/mol. The van der Waals surface area contributed by atoms with Gasteiger partial charge in [0.1, 0.15) is 18.2 Å². The first-order valence-corrected chi connectivity index (χ1v) is 6.70. The van der Waals surface area contributed by atoms with Gasteiger partial charge in [0.2, 0.25) is 0 Å². The number of rotatable bonds is 6. The monoisotopic (exact) mass is 298 g/mol. The Morgan fingerprint density at radius 3 is 2.64 bits per heavy atom. The summed E-state index contributed by atoms with van der Waals surface area (Å²) in [7, 11) is 3.19. The highest BCUT2D eigenvalue weighted by atomic mass is 16.5. The van der Waals surface area contributed by atoms with E-state index in [1.54, 1.807) is 32.3 Å². The van der Waals surface area contributed by atoms with E-state index in [1.807, 2.05) is 13.0 Å². The molecule has 0 atom stereocenters. The number of ether oxygens (including phenoxy) is 2. The molecule has 0 aliphatic heterocycles. The van der Waals surface area contributed by atoms with Crippen LogP contribution in [0.1, 0.15) is 12.5 Å². The maximum atomic E-state index is 11.9. The fraction of sp³-hybridized carbons (Fsp3) is 0.294. The van der Waals surface area contributed by atoms with Crippen molar-refractivity contribution in [3.05, 3.63) is 29.3 Å². The van der Waals surface area contributed by atoms with E-state index in [0.29, 0.717) is 23.7 Å². The smallest absolute Gasteiger partial charge is 0.264 e. The van der Waals surface area contributed by atoms with Crippen LogP contribution in [0.2, 0.25) is 0 Å². The van der Waals surface area contributed by atoms with Gasteiger partial charge in [-0.15, -0.1) is 6.42 Å². The highest BCUT2D eigenvalue weighted by molar-refractivity contribution is 6.01. The number of nitrogens with zero attached hydrogens (tertiary/aromatic N) is 2. The molecule has 0 heterocycles. The van der Waals surface area contributed by atoms with Crippen LogP contribution in [0.25, 0.3) is 6.08 Å². The summed E-state index contributed by atoms with van der Waals surface area (Å²) in [5.74, 6) is 3.07. The van der Waals surface area contributed by atoms with Crippen molar-refractivity contribution in [1.29, 1.82) is 5.26 Å². The molecular formula is C17H18N2O3. The number of likely N-dealkylation sites (N-methyl/N-ethyl adjacent to an activating group) is 1. The summed E-state index contributed by atoms with van der Waals surface area (Å²) in [5, 5.41) is 9.11. The molecule has 5 nitrogen and oxygen atoms in total. The van der Waals surface area contributed by atoms with Crippen molar-refractivity contribution in [1.82, 2.24) is 4.90 Å². The normalized spacial score (nSPS) is 10.3. The van der Waals surface area contributed by atoms with Crippen LogP contribution in [0.3, 0.4) is 0 Å². The fourth-order valence-electron chi connectivity index (χ4n) is 1.67. The molecule has 0 fully saturated rings. The summed E-state index contributed by atoms with van der Waals surface area (Å²) < 4.78 is 10.9. The zero-order valence-electron chi connectivity index (χ0n) is 12.9. The number of hydrogen-bond donors (Lipinski definition) is 0. The maximum absolute atomic E-state index is 11.9. The van der Waals surface area contributed by atoms with Crippen molar-refractivity contribution in [3.63, 3.8) is 0 Å². The minimum atomic E-state index is -0.354. The van der Waals surface area contributed by atoms with E-state index in [0.717, 1.165) is 0 Å². The number of hydrogen-bond acceptors (Lipinski definition) is 4. The molecule has 1 rings (SSSR count). The number of nitriles is 1. The average Bonchev–Trinajstić information content (AvgIpc) is 2.51. The molecule has 0 aliphatic carbocycles. The lowest BCUT2D eigenvalue weighted by Gasteiger charge is -2.12. The molecule has 1 aromatic rings. The molecule has 0 N–H and O–H groups in total. The molecule has 0 aromatic heterocycles. The number of amides is 1. The summed E-state index contributed by atoms with van der Waals surface area (Å²) >= 11 is 0. The Kier molecular flexibility index (Phi) is 6.53. The van der Waals surface area contributed by atoms with Gasteiger partial charge in [-0.3, -0.25) is 4.79 Å². The third kappa shape index (κ3) is 4.57. The molecule has 1 aromatic carbocycles. The Morgan fingerprint density at radius 2 is 2.09 bits per heavy atom. The van der Waals surface area contributed by atoms with Gasteiger partial charge in [-0.2, -0.15) is 5.26 Å². The molecule has 0 radical (unpaired) electrons. The van der Waals surface area contributed by atoms with Gasteiger partial charge in [-0.05, 0) is 30.7 Å². The van der Waals surface area contributed by atoms with E-state index < -0.39 is 0 Å². The van der Waals surface area contributed by atoms with Crippen molar-refractivity contribution in [3.8, 4) is 29.9 Å². The third-order valence-corrected chi connectivity index (χ3v) is 2.65. The van der Waals surface area contributed by atoms with Gasteiger partial charge >= 0.3 is 0 Å². The van der Waals surface area contributed by atoms with Crippen LogP contribution in [0.15, 0.2) is 23.8 Å². The second-order valence-electron chi connectivity index (χ2n) is 4.50. The molecule has 0 bridgehead atoms. The molecule has 1 amide bonds. The van der Waals surface area contributed by atoms with Gasteiger partial charge in [0.25, 0.3) is 5.91 Å². The first-order chi connectivity index (χ1) is 10.5. The van der Waals surface area contributed by atoms with Gasteiger partial charge in [-0.1, -0.05) is 12.0 Å². The largest absolute Gasteiger partial charge is 0.490 e. The van der Waals surface area contributed by atoms with E-state index in [9.17, 15) is 4.79 Å². The van der Waals surface area contributed by atoms with Gasteiger partial charge in [-0.25, -0.2) is 0 Å². The van der Waals surface area contributed by atoms with Crippen LogP contribution >= 0.6 is 0 Å². The Labute approximate surface area is 130 Å². The number of carbonyl (C=O) groups excluding carboxylic acids is 1. The molecule has 0 spiro atoms. The summed E-state index contributed by atoms with van der Waals surface area (Å²) in [6.45, 7) is 2.45. The Morgan fingerprint density at radius 1 is 1.36 bits per heavy atom. The van der Waals surface area contributed by atoms with Crippen LogP contribution in [0.4, 0.5) is 0 Å². The van der Waals surface area contributed by atoms with E-state index in [-0.39, 0.29) is 18.1 Å². The topological polar surface area (TPSA) is 62.6 Å². The molecule has 0 saturated carbocycles. The van der Waals surface area contributed by atoms with Crippen molar-refractivity contribution in [2.24, 2.45) is 0 Å². The Bertz CT molecular complexity index is 649. The van der Waals surface area contributed by atoms with Gasteiger partial charge < -0.3 is 14.4 Å². The lowest BCUT2D eigenvalue weighted by Crippen LogP contribution is -2.22. The fourth-order valence-corrected chi connectivity index (χ4v) is 1.67. The maximum Gasteiger partial charge on any atom is 0.264 e. The minimum Gasteiger partial charge on any atom is -0.490 e. The molecular weight excluding hydrogens is 280 g/mol. The Balaban J connectivity index is 3.16. The molecule has 0 unspecified atom stereocenters. The summed E-state index contributed by atoms with van der Waals surface area (Å²) in [6, 6.07) is 7.04.